The predicted octanol–water partition coefficient (Wildman–Crippen LogP) is 2.15. The van der Waals surface area contributed by atoms with E-state index in [1.807, 2.05) is 0 Å². The zero-order valence-corrected chi connectivity index (χ0v) is 13.0. The first-order chi connectivity index (χ1) is 8.82. The third-order valence-electron chi connectivity index (χ3n) is 2.05. The summed E-state index contributed by atoms with van der Waals surface area (Å²) in [5.41, 5.74) is -1.40. The fourth-order valence-corrected chi connectivity index (χ4v) is 1.37. The molecule has 0 spiro atoms. The Morgan fingerprint density at radius 1 is 0.950 bits per heavy atom. The van der Waals surface area contributed by atoms with E-state index in [1.165, 1.54) is 0 Å². The molecule has 0 fully saturated rings. The maximum absolute atomic E-state index is 11.7. The van der Waals surface area contributed by atoms with Crippen molar-refractivity contribution in [2.75, 3.05) is 0 Å². The number of hydrogen-bond acceptors (Lipinski definition) is 5. The first kappa shape index (κ1) is 18.4. The number of ether oxygens (including phenoxy) is 2. The Hall–Kier alpha value is -1.59. The molecular weight excluding hydrogens is 264 g/mol. The second kappa shape index (κ2) is 6.72. The van der Waals surface area contributed by atoms with Crippen molar-refractivity contribution in [2.45, 2.75) is 65.6 Å². The molecule has 116 valence electrons. The summed E-state index contributed by atoms with van der Waals surface area (Å²) >= 11 is 0. The van der Waals surface area contributed by atoms with Gasteiger partial charge < -0.3 is 14.6 Å². The number of esters is 2. The van der Waals surface area contributed by atoms with Crippen LogP contribution in [0.1, 0.15) is 54.4 Å². The highest BCUT2D eigenvalue weighted by molar-refractivity contribution is 5.94. The minimum Gasteiger partial charge on any atom is -0.481 e. The lowest BCUT2D eigenvalue weighted by Gasteiger charge is -2.23. The molecule has 0 aliphatic rings. The summed E-state index contributed by atoms with van der Waals surface area (Å²) in [4.78, 5) is 34.3. The first-order valence-corrected chi connectivity index (χ1v) is 6.49. The van der Waals surface area contributed by atoms with E-state index in [0.29, 0.717) is 0 Å². The topological polar surface area (TPSA) is 89.9 Å². The molecule has 0 saturated carbocycles. The van der Waals surface area contributed by atoms with Crippen LogP contribution >= 0.6 is 0 Å². The van der Waals surface area contributed by atoms with Crippen LogP contribution in [0.4, 0.5) is 0 Å². The number of hydrogen-bond donors (Lipinski definition) is 1. The van der Waals surface area contributed by atoms with Gasteiger partial charge >= 0.3 is 17.9 Å². The van der Waals surface area contributed by atoms with Crippen LogP contribution in [0.5, 0.6) is 0 Å². The van der Waals surface area contributed by atoms with Gasteiger partial charge in [0.15, 0.2) is 5.92 Å². The van der Waals surface area contributed by atoms with Gasteiger partial charge in [-0.1, -0.05) is 0 Å². The van der Waals surface area contributed by atoms with E-state index in [1.54, 1.807) is 41.5 Å². The largest absolute Gasteiger partial charge is 0.481 e. The molecule has 6 nitrogen and oxygen atoms in total. The molecule has 0 radical (unpaired) electrons. The zero-order chi connectivity index (χ0) is 16.1. The van der Waals surface area contributed by atoms with Crippen molar-refractivity contribution in [3.63, 3.8) is 0 Å². The molecule has 0 rings (SSSR count). The molecule has 1 atom stereocenters. The van der Waals surface area contributed by atoms with E-state index < -0.39 is 35.0 Å². The van der Waals surface area contributed by atoms with Crippen LogP contribution in [0.15, 0.2) is 0 Å². The van der Waals surface area contributed by atoms with Crippen molar-refractivity contribution in [1.82, 2.24) is 0 Å². The van der Waals surface area contributed by atoms with Crippen molar-refractivity contribution >= 4 is 17.9 Å². The van der Waals surface area contributed by atoms with E-state index in [4.69, 9.17) is 14.6 Å². The summed E-state index contributed by atoms with van der Waals surface area (Å²) in [7, 11) is 0. The Morgan fingerprint density at radius 2 is 1.40 bits per heavy atom. The van der Waals surface area contributed by atoms with Crippen LogP contribution in [0, 0.1) is 5.92 Å². The van der Waals surface area contributed by atoms with E-state index >= 15 is 0 Å². The summed E-state index contributed by atoms with van der Waals surface area (Å²) in [6.45, 7) is 10.1. The van der Waals surface area contributed by atoms with Gasteiger partial charge in [-0.25, -0.2) is 0 Å². The van der Waals surface area contributed by atoms with Crippen LogP contribution < -0.4 is 0 Å². The Labute approximate surface area is 119 Å². The quantitative estimate of drug-likeness (QED) is 0.616. The molecule has 0 aliphatic heterocycles. The first-order valence-electron chi connectivity index (χ1n) is 6.49. The molecule has 6 heteroatoms. The Balaban J connectivity index is 4.54. The number of carboxylic acid groups (broad SMARTS) is 1. The molecule has 0 aromatic heterocycles. The fourth-order valence-electron chi connectivity index (χ4n) is 1.37. The summed E-state index contributed by atoms with van der Waals surface area (Å²) in [5.74, 6) is -4.04. The minimum atomic E-state index is -1.36. The zero-order valence-electron chi connectivity index (χ0n) is 13.0. The minimum absolute atomic E-state index is 0.140. The van der Waals surface area contributed by atoms with Gasteiger partial charge in [0.05, 0.1) is 0 Å². The third-order valence-corrected chi connectivity index (χ3v) is 2.05. The molecule has 0 heterocycles. The summed E-state index contributed by atoms with van der Waals surface area (Å²) in [6, 6.07) is 0. The number of aliphatic carboxylic acids is 1. The summed E-state index contributed by atoms with van der Waals surface area (Å²) in [6.07, 6.45) is -0.285. The van der Waals surface area contributed by atoms with Crippen LogP contribution in [0.25, 0.3) is 0 Å². The van der Waals surface area contributed by atoms with Crippen LogP contribution in [-0.2, 0) is 23.9 Å². The van der Waals surface area contributed by atoms with Gasteiger partial charge in [-0.15, -0.1) is 0 Å². The van der Waals surface area contributed by atoms with Gasteiger partial charge in [0.25, 0.3) is 0 Å². The highest BCUT2D eigenvalue weighted by atomic mass is 16.6. The fraction of sp³-hybridized carbons (Fsp3) is 0.786. The second-order valence-corrected chi connectivity index (χ2v) is 6.55. The van der Waals surface area contributed by atoms with Crippen LogP contribution in [0.2, 0.25) is 0 Å². The van der Waals surface area contributed by atoms with Gasteiger partial charge in [0.1, 0.15) is 11.2 Å². The molecule has 0 amide bonds. The predicted molar refractivity (Wildman–Crippen MR) is 72.0 cm³/mol. The Morgan fingerprint density at radius 3 is 1.75 bits per heavy atom. The van der Waals surface area contributed by atoms with E-state index in [0.717, 1.165) is 0 Å². The van der Waals surface area contributed by atoms with Gasteiger partial charge in [-0.05, 0) is 48.0 Å². The number of rotatable bonds is 5. The van der Waals surface area contributed by atoms with E-state index in [2.05, 4.69) is 0 Å². The standard InChI is InChI=1S/C14H24O6/c1-13(2,3)19-10(15)8-7-9(11(16)17)12(18)20-14(4,5)6/h9H,7-8H2,1-6H3,(H,16,17)/t9-/m0/s1. The van der Waals surface area contributed by atoms with Crippen molar-refractivity contribution in [2.24, 2.45) is 5.92 Å². The maximum Gasteiger partial charge on any atom is 0.320 e. The van der Waals surface area contributed by atoms with Gasteiger partial charge in [0, 0.05) is 6.42 Å². The summed E-state index contributed by atoms with van der Waals surface area (Å²) in [5, 5.41) is 9.03. The molecule has 0 aliphatic carbocycles. The lowest BCUT2D eigenvalue weighted by molar-refractivity contribution is -0.167. The molecule has 0 aromatic rings. The van der Waals surface area contributed by atoms with Gasteiger partial charge in [-0.3, -0.25) is 14.4 Å². The van der Waals surface area contributed by atoms with Crippen LogP contribution in [-0.4, -0.2) is 34.2 Å². The normalized spacial score (nSPS) is 13.5. The molecule has 0 unspecified atom stereocenters. The lowest BCUT2D eigenvalue weighted by atomic mass is 10.0. The molecule has 0 saturated heterocycles. The molecule has 1 N–H and O–H groups in total. The monoisotopic (exact) mass is 288 g/mol. The molecule has 0 bridgehead atoms. The third kappa shape index (κ3) is 8.50. The van der Waals surface area contributed by atoms with Crippen molar-refractivity contribution in [3.8, 4) is 0 Å². The smallest absolute Gasteiger partial charge is 0.320 e. The van der Waals surface area contributed by atoms with Crippen molar-refractivity contribution in [1.29, 1.82) is 0 Å². The summed E-state index contributed by atoms with van der Waals surface area (Å²) < 4.78 is 10.1. The maximum atomic E-state index is 11.7. The number of carbonyl (C=O) groups is 3. The highest BCUT2D eigenvalue weighted by Gasteiger charge is 2.32. The average molecular weight is 288 g/mol. The molecule has 0 aromatic carbocycles. The van der Waals surface area contributed by atoms with Crippen molar-refractivity contribution < 1.29 is 29.0 Å². The lowest BCUT2D eigenvalue weighted by Crippen LogP contribution is -2.33. The Bertz CT molecular complexity index is 372. The number of carbonyl (C=O) groups excluding carboxylic acids is 2. The second-order valence-electron chi connectivity index (χ2n) is 6.55. The van der Waals surface area contributed by atoms with Gasteiger partial charge in [0.2, 0.25) is 0 Å². The number of carboxylic acids is 1. The highest BCUT2D eigenvalue weighted by Crippen LogP contribution is 2.17. The van der Waals surface area contributed by atoms with E-state index in [-0.39, 0.29) is 12.8 Å². The van der Waals surface area contributed by atoms with Crippen molar-refractivity contribution in [3.05, 3.63) is 0 Å². The Kier molecular flexibility index (Phi) is 6.19. The SMILES string of the molecule is CC(C)(C)OC(=O)CC[C@@H](C(=O)O)C(=O)OC(C)(C)C. The van der Waals surface area contributed by atoms with E-state index in [9.17, 15) is 14.4 Å². The van der Waals surface area contributed by atoms with Gasteiger partial charge in [-0.2, -0.15) is 0 Å². The van der Waals surface area contributed by atoms with Crippen LogP contribution in [0.3, 0.4) is 0 Å². The average Bonchev–Trinajstić information content (AvgIpc) is 2.10. The molecular formula is C14H24O6. The molecule has 20 heavy (non-hydrogen) atoms.